The van der Waals surface area contributed by atoms with Gasteiger partial charge in [-0.1, -0.05) is 13.3 Å². The summed E-state index contributed by atoms with van der Waals surface area (Å²) in [4.78, 5) is 8.62. The molecule has 1 aromatic heterocycles. The molecule has 1 atom stereocenters. The first-order valence-electron chi connectivity index (χ1n) is 7.57. The molecular formula is C15H27N3S. The minimum Gasteiger partial charge on any atom is -0.313 e. The highest BCUT2D eigenvalue weighted by Gasteiger charge is 2.19. The average molecular weight is 281 g/mol. The van der Waals surface area contributed by atoms with Crippen molar-refractivity contribution in [1.29, 1.82) is 0 Å². The van der Waals surface area contributed by atoms with Gasteiger partial charge in [0.25, 0.3) is 0 Å². The molecule has 1 unspecified atom stereocenters. The first-order chi connectivity index (χ1) is 9.19. The van der Waals surface area contributed by atoms with Crippen molar-refractivity contribution in [1.82, 2.24) is 15.2 Å². The van der Waals surface area contributed by atoms with Gasteiger partial charge >= 0.3 is 0 Å². The fourth-order valence-electron chi connectivity index (χ4n) is 2.76. The van der Waals surface area contributed by atoms with Crippen molar-refractivity contribution in [3.8, 4) is 0 Å². The van der Waals surface area contributed by atoms with Crippen LogP contribution in [0.4, 0.5) is 0 Å². The number of hydrogen-bond acceptors (Lipinski definition) is 4. The van der Waals surface area contributed by atoms with Gasteiger partial charge in [-0.05, 0) is 46.2 Å². The van der Waals surface area contributed by atoms with Crippen LogP contribution in [0.25, 0.3) is 0 Å². The Morgan fingerprint density at radius 3 is 2.84 bits per heavy atom. The van der Waals surface area contributed by atoms with Crippen LogP contribution in [0.5, 0.6) is 0 Å². The normalized spacial score (nSPS) is 19.5. The van der Waals surface area contributed by atoms with Gasteiger partial charge in [0, 0.05) is 24.0 Å². The molecule has 0 aromatic carbocycles. The Morgan fingerprint density at radius 1 is 1.42 bits per heavy atom. The molecule has 0 amide bonds. The second-order valence-corrected chi connectivity index (χ2v) is 6.91. The number of rotatable bonds is 7. The third kappa shape index (κ3) is 4.55. The Bertz CT molecular complexity index is 383. The van der Waals surface area contributed by atoms with Crippen LogP contribution in [-0.2, 0) is 6.54 Å². The predicted molar refractivity (Wildman–Crippen MR) is 82.8 cm³/mol. The lowest BCUT2D eigenvalue weighted by Crippen LogP contribution is -2.37. The number of nitrogens with one attached hydrogen (secondary N) is 1. The Labute approximate surface area is 121 Å². The number of unbranched alkanes of at least 4 members (excludes halogenated alkanes) is 1. The van der Waals surface area contributed by atoms with E-state index in [1.807, 2.05) is 11.3 Å². The fraction of sp³-hybridized carbons (Fsp3) is 0.800. The van der Waals surface area contributed by atoms with E-state index in [1.54, 1.807) is 0 Å². The van der Waals surface area contributed by atoms with Gasteiger partial charge in [0.2, 0.25) is 0 Å². The number of hydrogen-bond donors (Lipinski definition) is 1. The summed E-state index contributed by atoms with van der Waals surface area (Å²) in [5.74, 6) is 0. The van der Waals surface area contributed by atoms with Crippen LogP contribution in [0.2, 0.25) is 0 Å². The molecule has 0 spiro atoms. The molecule has 1 N–H and O–H groups in total. The molecule has 1 fully saturated rings. The number of nitrogens with zero attached hydrogens (tertiary/aromatic N) is 2. The topological polar surface area (TPSA) is 28.2 Å². The van der Waals surface area contributed by atoms with E-state index in [-0.39, 0.29) is 0 Å². The molecule has 4 heteroatoms. The Hall–Kier alpha value is -0.450. The summed E-state index contributed by atoms with van der Waals surface area (Å²) < 4.78 is 0. The van der Waals surface area contributed by atoms with Crippen LogP contribution in [-0.4, -0.2) is 35.6 Å². The van der Waals surface area contributed by atoms with Crippen molar-refractivity contribution < 1.29 is 0 Å². The largest absolute Gasteiger partial charge is 0.313 e. The number of thiazole rings is 1. The summed E-state index contributed by atoms with van der Waals surface area (Å²) in [7, 11) is 0. The van der Waals surface area contributed by atoms with Gasteiger partial charge in [-0.2, -0.15) is 0 Å². The molecule has 3 nitrogen and oxygen atoms in total. The summed E-state index contributed by atoms with van der Waals surface area (Å²) in [5.41, 5.74) is 1.23. The van der Waals surface area contributed by atoms with Gasteiger partial charge in [-0.25, -0.2) is 4.98 Å². The lowest BCUT2D eigenvalue weighted by atomic mass is 10.2. The van der Waals surface area contributed by atoms with Crippen LogP contribution in [0, 0.1) is 13.8 Å². The predicted octanol–water partition coefficient (Wildman–Crippen LogP) is 3.11. The average Bonchev–Trinajstić information content (AvgIpc) is 2.97. The molecule has 1 saturated heterocycles. The van der Waals surface area contributed by atoms with Crippen molar-refractivity contribution in [2.45, 2.75) is 59.0 Å². The minimum absolute atomic E-state index is 0.700. The molecule has 0 saturated carbocycles. The van der Waals surface area contributed by atoms with E-state index in [0.717, 1.165) is 6.54 Å². The molecule has 0 radical (unpaired) electrons. The van der Waals surface area contributed by atoms with E-state index in [4.69, 9.17) is 0 Å². The van der Waals surface area contributed by atoms with Crippen molar-refractivity contribution in [3.05, 3.63) is 15.6 Å². The van der Waals surface area contributed by atoms with Crippen LogP contribution < -0.4 is 5.32 Å². The van der Waals surface area contributed by atoms with E-state index in [2.05, 4.69) is 36.0 Å². The van der Waals surface area contributed by atoms with Crippen LogP contribution >= 0.6 is 11.3 Å². The van der Waals surface area contributed by atoms with Gasteiger partial charge in [-0.3, -0.25) is 4.90 Å². The summed E-state index contributed by atoms with van der Waals surface area (Å²) in [6.07, 6.45) is 5.24. The van der Waals surface area contributed by atoms with Crippen LogP contribution in [0.15, 0.2) is 0 Å². The summed E-state index contributed by atoms with van der Waals surface area (Å²) in [6.45, 7) is 11.2. The molecule has 0 aliphatic carbocycles. The van der Waals surface area contributed by atoms with E-state index >= 15 is 0 Å². The molecule has 1 aliphatic heterocycles. The highest BCUT2D eigenvalue weighted by Crippen LogP contribution is 2.20. The van der Waals surface area contributed by atoms with E-state index in [1.165, 1.54) is 60.9 Å². The van der Waals surface area contributed by atoms with Crippen molar-refractivity contribution >= 4 is 11.3 Å². The van der Waals surface area contributed by atoms with E-state index < -0.39 is 0 Å². The van der Waals surface area contributed by atoms with Gasteiger partial charge in [0.15, 0.2) is 0 Å². The first-order valence-corrected chi connectivity index (χ1v) is 8.39. The second-order valence-electron chi connectivity index (χ2n) is 5.62. The third-order valence-electron chi connectivity index (χ3n) is 3.84. The minimum atomic E-state index is 0.700. The van der Waals surface area contributed by atoms with Crippen LogP contribution in [0.1, 0.15) is 48.2 Å². The maximum atomic E-state index is 4.55. The Balaban J connectivity index is 1.93. The zero-order chi connectivity index (χ0) is 13.7. The van der Waals surface area contributed by atoms with Gasteiger partial charge in [-0.15, -0.1) is 11.3 Å². The zero-order valence-electron chi connectivity index (χ0n) is 12.5. The Kier molecular flexibility index (Phi) is 5.79. The van der Waals surface area contributed by atoms with Crippen molar-refractivity contribution in [2.75, 3.05) is 19.6 Å². The van der Waals surface area contributed by atoms with E-state index in [9.17, 15) is 0 Å². The maximum Gasteiger partial charge on any atom is 0.0900 e. The van der Waals surface area contributed by atoms with Gasteiger partial charge in [0.1, 0.15) is 0 Å². The monoisotopic (exact) mass is 281 g/mol. The first kappa shape index (κ1) is 14.9. The van der Waals surface area contributed by atoms with Gasteiger partial charge in [0.05, 0.1) is 10.7 Å². The lowest BCUT2D eigenvalue weighted by molar-refractivity contribution is 0.239. The zero-order valence-corrected chi connectivity index (χ0v) is 13.4. The summed E-state index contributed by atoms with van der Waals surface area (Å²) in [5, 5.41) is 4.81. The van der Waals surface area contributed by atoms with E-state index in [0.29, 0.717) is 6.04 Å². The third-order valence-corrected chi connectivity index (χ3v) is 4.89. The SMILES string of the molecule is CCCCN(Cc1sc(C)nc1C)CC1CCCN1. The van der Waals surface area contributed by atoms with Crippen molar-refractivity contribution in [2.24, 2.45) is 0 Å². The maximum absolute atomic E-state index is 4.55. The number of aromatic nitrogens is 1. The summed E-state index contributed by atoms with van der Waals surface area (Å²) in [6, 6.07) is 0.700. The van der Waals surface area contributed by atoms with Gasteiger partial charge < -0.3 is 5.32 Å². The lowest BCUT2D eigenvalue weighted by Gasteiger charge is -2.25. The second kappa shape index (κ2) is 7.36. The molecule has 1 aromatic rings. The highest BCUT2D eigenvalue weighted by atomic mass is 32.1. The molecule has 0 bridgehead atoms. The molecule has 19 heavy (non-hydrogen) atoms. The highest BCUT2D eigenvalue weighted by molar-refractivity contribution is 7.11. The van der Waals surface area contributed by atoms with Crippen LogP contribution in [0.3, 0.4) is 0 Å². The molecule has 2 heterocycles. The smallest absolute Gasteiger partial charge is 0.0900 e. The molecule has 2 rings (SSSR count). The standard InChI is InChI=1S/C15H27N3S/c1-4-5-9-18(10-14-7-6-8-16-14)11-15-12(2)17-13(3)19-15/h14,16H,4-11H2,1-3H3. The molecule has 108 valence electrons. The summed E-state index contributed by atoms with van der Waals surface area (Å²) >= 11 is 1.86. The Morgan fingerprint density at radius 2 is 2.26 bits per heavy atom. The quantitative estimate of drug-likeness (QED) is 0.832. The molecule has 1 aliphatic rings. The molecular weight excluding hydrogens is 254 g/mol. The van der Waals surface area contributed by atoms with Crippen molar-refractivity contribution in [3.63, 3.8) is 0 Å². The number of aryl methyl sites for hydroxylation is 2. The fourth-order valence-corrected chi connectivity index (χ4v) is 3.74.